The first kappa shape index (κ1) is 7.71. The molecule has 1 heterocycles. The van der Waals surface area contributed by atoms with Crippen molar-refractivity contribution < 1.29 is 8.42 Å². The fourth-order valence-corrected chi connectivity index (χ4v) is 0.950. The minimum Gasteiger partial charge on any atom is -0.335 e. The number of primary sulfonamides is 1. The SMILES string of the molecule is N#Cc1nc(S(N)(=O)=O)c[nH]1. The molecule has 0 spiro atoms. The monoisotopic (exact) mass is 172 g/mol. The molecule has 1 aromatic rings. The quantitative estimate of drug-likeness (QED) is 0.561. The number of hydrogen-bond donors (Lipinski definition) is 2. The molecule has 7 heteroatoms. The van der Waals surface area contributed by atoms with E-state index in [1.54, 1.807) is 6.07 Å². The predicted molar refractivity (Wildman–Crippen MR) is 34.7 cm³/mol. The summed E-state index contributed by atoms with van der Waals surface area (Å²) in [5.41, 5.74) is 0. The van der Waals surface area contributed by atoms with Crippen molar-refractivity contribution in [3.8, 4) is 6.07 Å². The van der Waals surface area contributed by atoms with Gasteiger partial charge in [0.2, 0.25) is 5.82 Å². The lowest BCUT2D eigenvalue weighted by Gasteiger charge is -1.85. The Hall–Kier alpha value is -1.39. The fourth-order valence-electron chi connectivity index (χ4n) is 0.508. The van der Waals surface area contributed by atoms with E-state index in [2.05, 4.69) is 9.97 Å². The first-order valence-electron chi connectivity index (χ1n) is 2.52. The van der Waals surface area contributed by atoms with Gasteiger partial charge in [0.15, 0.2) is 5.03 Å². The van der Waals surface area contributed by atoms with Crippen LogP contribution in [0.5, 0.6) is 0 Å². The zero-order valence-electron chi connectivity index (χ0n) is 5.27. The zero-order valence-corrected chi connectivity index (χ0v) is 6.09. The van der Waals surface area contributed by atoms with Crippen molar-refractivity contribution in [1.29, 1.82) is 5.26 Å². The third-order valence-electron chi connectivity index (χ3n) is 0.952. The van der Waals surface area contributed by atoms with Gasteiger partial charge in [-0.15, -0.1) is 0 Å². The predicted octanol–water partition coefficient (Wildman–Crippen LogP) is -1.07. The van der Waals surface area contributed by atoms with E-state index in [1.165, 1.54) is 0 Å². The summed E-state index contributed by atoms with van der Waals surface area (Å²) >= 11 is 0. The molecule has 0 unspecified atom stereocenters. The maximum absolute atomic E-state index is 10.5. The molecule has 1 rings (SSSR count). The van der Waals surface area contributed by atoms with Gasteiger partial charge in [0.1, 0.15) is 6.07 Å². The van der Waals surface area contributed by atoms with Crippen molar-refractivity contribution in [2.75, 3.05) is 0 Å². The van der Waals surface area contributed by atoms with Crippen LogP contribution in [-0.4, -0.2) is 18.4 Å². The summed E-state index contributed by atoms with van der Waals surface area (Å²) in [6.07, 6.45) is 1.06. The molecule has 0 aromatic carbocycles. The van der Waals surface area contributed by atoms with Crippen molar-refractivity contribution >= 4 is 10.0 Å². The molecular formula is C4H4N4O2S. The Labute approximate surface area is 62.7 Å². The molecule has 0 saturated heterocycles. The third-order valence-corrected chi connectivity index (χ3v) is 1.74. The Kier molecular flexibility index (Phi) is 1.64. The minimum absolute atomic E-state index is 0.0750. The highest BCUT2D eigenvalue weighted by molar-refractivity contribution is 7.89. The number of nitriles is 1. The van der Waals surface area contributed by atoms with E-state index in [1.807, 2.05) is 0 Å². The van der Waals surface area contributed by atoms with Crippen LogP contribution in [0.15, 0.2) is 11.2 Å². The van der Waals surface area contributed by atoms with Gasteiger partial charge in [-0.05, 0) is 0 Å². The average Bonchev–Trinajstić information content (AvgIpc) is 2.32. The van der Waals surface area contributed by atoms with E-state index < -0.39 is 10.0 Å². The van der Waals surface area contributed by atoms with E-state index in [0.717, 1.165) is 6.20 Å². The lowest BCUT2D eigenvalue weighted by molar-refractivity contribution is 0.594. The Balaban J connectivity index is 3.22. The highest BCUT2D eigenvalue weighted by Gasteiger charge is 2.11. The average molecular weight is 172 g/mol. The molecular weight excluding hydrogens is 168 g/mol. The molecule has 0 aliphatic rings. The van der Waals surface area contributed by atoms with E-state index in [-0.39, 0.29) is 10.9 Å². The number of nitrogens with zero attached hydrogens (tertiary/aromatic N) is 2. The van der Waals surface area contributed by atoms with Crippen molar-refractivity contribution in [2.24, 2.45) is 5.14 Å². The normalized spacial score (nSPS) is 10.9. The van der Waals surface area contributed by atoms with E-state index in [4.69, 9.17) is 10.4 Å². The van der Waals surface area contributed by atoms with E-state index >= 15 is 0 Å². The first-order chi connectivity index (χ1) is 5.04. The lowest BCUT2D eigenvalue weighted by Crippen LogP contribution is -2.12. The number of H-pyrrole nitrogens is 1. The molecule has 0 fully saturated rings. The number of aromatic amines is 1. The lowest BCUT2D eigenvalue weighted by atomic mass is 10.7. The molecule has 0 radical (unpaired) electrons. The van der Waals surface area contributed by atoms with Gasteiger partial charge in [-0.25, -0.2) is 18.5 Å². The van der Waals surface area contributed by atoms with Gasteiger partial charge in [0.05, 0.1) is 0 Å². The van der Waals surface area contributed by atoms with E-state index in [0.29, 0.717) is 0 Å². The van der Waals surface area contributed by atoms with Crippen LogP contribution in [0, 0.1) is 11.3 Å². The molecule has 1 aromatic heterocycles. The maximum atomic E-state index is 10.5. The number of imidazole rings is 1. The van der Waals surface area contributed by atoms with Crippen LogP contribution in [0.4, 0.5) is 0 Å². The molecule has 0 aliphatic carbocycles. The molecule has 6 nitrogen and oxygen atoms in total. The molecule has 11 heavy (non-hydrogen) atoms. The van der Waals surface area contributed by atoms with Gasteiger partial charge in [-0.2, -0.15) is 5.26 Å². The molecule has 0 amide bonds. The van der Waals surface area contributed by atoms with Gasteiger partial charge in [-0.1, -0.05) is 0 Å². The minimum atomic E-state index is -3.79. The second-order valence-electron chi connectivity index (χ2n) is 1.74. The molecule has 0 atom stereocenters. The summed E-state index contributed by atoms with van der Waals surface area (Å²) in [4.78, 5) is 5.70. The summed E-state index contributed by atoms with van der Waals surface area (Å²) in [5.74, 6) is -0.0750. The van der Waals surface area contributed by atoms with Gasteiger partial charge >= 0.3 is 0 Å². The first-order valence-corrected chi connectivity index (χ1v) is 4.07. The Morgan fingerprint density at radius 1 is 1.73 bits per heavy atom. The number of hydrogen-bond acceptors (Lipinski definition) is 4. The molecule has 58 valence electrons. The van der Waals surface area contributed by atoms with Crippen molar-refractivity contribution in [1.82, 2.24) is 9.97 Å². The Morgan fingerprint density at radius 3 is 2.64 bits per heavy atom. The second-order valence-corrected chi connectivity index (χ2v) is 3.25. The van der Waals surface area contributed by atoms with Crippen LogP contribution in [0.3, 0.4) is 0 Å². The second kappa shape index (κ2) is 2.34. The van der Waals surface area contributed by atoms with Crippen LogP contribution in [-0.2, 0) is 10.0 Å². The summed E-state index contributed by atoms with van der Waals surface area (Å²) < 4.78 is 21.1. The number of aromatic nitrogens is 2. The summed E-state index contributed by atoms with van der Waals surface area (Å²) in [6, 6.07) is 1.63. The molecule has 0 bridgehead atoms. The number of nitrogens with two attached hydrogens (primary N) is 1. The van der Waals surface area contributed by atoms with Crippen LogP contribution < -0.4 is 5.14 Å². The van der Waals surface area contributed by atoms with Gasteiger partial charge < -0.3 is 4.98 Å². The van der Waals surface area contributed by atoms with Crippen molar-refractivity contribution in [2.45, 2.75) is 5.03 Å². The van der Waals surface area contributed by atoms with Gasteiger partial charge in [0, 0.05) is 6.20 Å². The van der Waals surface area contributed by atoms with Crippen molar-refractivity contribution in [3.63, 3.8) is 0 Å². The van der Waals surface area contributed by atoms with E-state index in [9.17, 15) is 8.42 Å². The van der Waals surface area contributed by atoms with Crippen LogP contribution >= 0.6 is 0 Å². The smallest absolute Gasteiger partial charge is 0.257 e. The summed E-state index contributed by atoms with van der Waals surface area (Å²) in [5, 5.41) is 12.6. The fraction of sp³-hybridized carbons (Fsp3) is 0. The summed E-state index contributed by atoms with van der Waals surface area (Å²) in [7, 11) is -3.79. The largest absolute Gasteiger partial charge is 0.335 e. The molecule has 0 aliphatic heterocycles. The Bertz CT molecular complexity index is 398. The standard InChI is InChI=1S/C4H4N4O2S/c5-1-3-7-2-4(8-3)11(6,9)10/h2H,(H,7,8)(H2,6,9,10). The number of nitrogens with one attached hydrogen (secondary N) is 1. The zero-order chi connectivity index (χ0) is 8.48. The topological polar surface area (TPSA) is 113 Å². The number of rotatable bonds is 1. The maximum Gasteiger partial charge on any atom is 0.257 e. The molecule has 0 saturated carbocycles. The third kappa shape index (κ3) is 1.54. The van der Waals surface area contributed by atoms with Gasteiger partial charge in [0.25, 0.3) is 10.0 Å². The summed E-state index contributed by atoms with van der Waals surface area (Å²) in [6.45, 7) is 0. The number of sulfonamides is 1. The van der Waals surface area contributed by atoms with Crippen molar-refractivity contribution in [3.05, 3.63) is 12.0 Å². The van der Waals surface area contributed by atoms with Crippen LogP contribution in [0.25, 0.3) is 0 Å². The Morgan fingerprint density at radius 2 is 2.36 bits per heavy atom. The van der Waals surface area contributed by atoms with Crippen LogP contribution in [0.1, 0.15) is 5.82 Å². The highest BCUT2D eigenvalue weighted by atomic mass is 32.2. The van der Waals surface area contributed by atoms with Gasteiger partial charge in [-0.3, -0.25) is 0 Å². The molecule has 3 N–H and O–H groups in total. The van der Waals surface area contributed by atoms with Crippen LogP contribution in [0.2, 0.25) is 0 Å². The highest BCUT2D eigenvalue weighted by Crippen LogP contribution is 2.00.